The number of hydrogen-bond donors (Lipinski definition) is 0. The molecule has 1 aromatic heterocycles. The SMILES string of the molecule is O=S(CCN1CCN(c2ccc(F)cc2)CC1)N(Cc1ccc(-c2nnc(C(F)F)o2)cc1)c1ccccc1. The number of alkyl halides is 2. The first-order valence-corrected chi connectivity index (χ1v) is 13.9. The predicted octanol–water partition coefficient (Wildman–Crippen LogP) is 5.31. The third-order valence-electron chi connectivity index (χ3n) is 6.59. The fourth-order valence-electron chi connectivity index (χ4n) is 4.43. The van der Waals surface area contributed by atoms with Gasteiger partial charge in [-0.2, -0.15) is 8.78 Å². The molecule has 7 nitrogen and oxygen atoms in total. The number of rotatable bonds is 10. The van der Waals surface area contributed by atoms with Crippen LogP contribution in [0.1, 0.15) is 17.9 Å². The summed E-state index contributed by atoms with van der Waals surface area (Å²) in [6.07, 6.45) is -2.82. The molecule has 39 heavy (non-hydrogen) atoms. The van der Waals surface area contributed by atoms with Gasteiger partial charge in [0.2, 0.25) is 5.89 Å². The van der Waals surface area contributed by atoms with Gasteiger partial charge in [0.15, 0.2) is 0 Å². The predicted molar refractivity (Wildman–Crippen MR) is 145 cm³/mol. The molecule has 1 unspecified atom stereocenters. The van der Waals surface area contributed by atoms with E-state index in [1.54, 1.807) is 24.3 Å². The summed E-state index contributed by atoms with van der Waals surface area (Å²) in [5.74, 6) is -0.451. The van der Waals surface area contributed by atoms with E-state index < -0.39 is 23.3 Å². The van der Waals surface area contributed by atoms with Crippen molar-refractivity contribution >= 4 is 22.4 Å². The zero-order valence-electron chi connectivity index (χ0n) is 21.1. The van der Waals surface area contributed by atoms with Gasteiger partial charge in [0.1, 0.15) is 16.8 Å². The molecule has 0 saturated carbocycles. The summed E-state index contributed by atoms with van der Waals surface area (Å²) < 4.78 is 59.2. The molecule has 0 aliphatic carbocycles. The number of aromatic nitrogens is 2. The molecule has 0 radical (unpaired) electrons. The van der Waals surface area contributed by atoms with E-state index in [0.29, 0.717) is 24.4 Å². The standard InChI is InChI=1S/C28H28F3N5O2S/c29-23-10-12-24(13-11-23)35-16-14-34(15-17-35)18-19-39(37)36(25-4-2-1-3-5-25)20-21-6-8-22(9-7-21)27-32-33-28(38-27)26(30)31/h1-13,26H,14-20H2. The Morgan fingerprint density at radius 3 is 2.23 bits per heavy atom. The fraction of sp³-hybridized carbons (Fsp3) is 0.286. The van der Waals surface area contributed by atoms with Crippen LogP contribution in [0.2, 0.25) is 0 Å². The van der Waals surface area contributed by atoms with Crippen LogP contribution < -0.4 is 9.21 Å². The largest absolute Gasteiger partial charge is 0.415 e. The van der Waals surface area contributed by atoms with Crippen LogP contribution in [-0.4, -0.2) is 57.8 Å². The van der Waals surface area contributed by atoms with E-state index >= 15 is 0 Å². The monoisotopic (exact) mass is 555 g/mol. The third-order valence-corrected chi connectivity index (χ3v) is 7.95. The van der Waals surface area contributed by atoms with Crippen molar-refractivity contribution in [1.82, 2.24) is 15.1 Å². The lowest BCUT2D eigenvalue weighted by atomic mass is 10.1. The Labute approximate surface area is 227 Å². The van der Waals surface area contributed by atoms with Gasteiger partial charge in [-0.1, -0.05) is 30.3 Å². The molecular formula is C28H28F3N5O2S. The molecule has 1 saturated heterocycles. The number of halogens is 3. The smallest absolute Gasteiger partial charge is 0.314 e. The van der Waals surface area contributed by atoms with Crippen molar-refractivity contribution in [2.75, 3.05) is 47.7 Å². The highest BCUT2D eigenvalue weighted by atomic mass is 32.2. The summed E-state index contributed by atoms with van der Waals surface area (Å²) in [7, 11) is -1.29. The van der Waals surface area contributed by atoms with E-state index in [0.717, 1.165) is 43.1 Å². The van der Waals surface area contributed by atoms with E-state index in [1.807, 2.05) is 46.8 Å². The number of hydrogen-bond acceptors (Lipinski definition) is 6. The van der Waals surface area contributed by atoms with Gasteiger partial charge in [-0.3, -0.25) is 9.21 Å². The second-order valence-corrected chi connectivity index (χ2v) is 10.6. The number of para-hydroxylation sites is 1. The van der Waals surface area contributed by atoms with Crippen molar-refractivity contribution in [3.63, 3.8) is 0 Å². The molecule has 0 spiro atoms. The van der Waals surface area contributed by atoms with E-state index in [2.05, 4.69) is 20.0 Å². The Hall–Kier alpha value is -3.70. The molecule has 0 bridgehead atoms. The van der Waals surface area contributed by atoms with Gasteiger partial charge in [0.25, 0.3) is 5.89 Å². The van der Waals surface area contributed by atoms with E-state index in [1.165, 1.54) is 12.1 Å². The van der Waals surface area contributed by atoms with E-state index in [-0.39, 0.29) is 11.7 Å². The van der Waals surface area contributed by atoms with Crippen LogP contribution in [0, 0.1) is 5.82 Å². The zero-order chi connectivity index (χ0) is 27.2. The second-order valence-electron chi connectivity index (χ2n) is 9.15. The van der Waals surface area contributed by atoms with Crippen LogP contribution in [0.5, 0.6) is 0 Å². The summed E-state index contributed by atoms with van der Waals surface area (Å²) >= 11 is 0. The van der Waals surface area contributed by atoms with Crippen LogP contribution in [0.25, 0.3) is 11.5 Å². The van der Waals surface area contributed by atoms with Crippen molar-refractivity contribution in [3.8, 4) is 11.5 Å². The maximum absolute atomic E-state index is 13.5. The number of nitrogens with zero attached hydrogens (tertiary/aromatic N) is 5. The highest BCUT2D eigenvalue weighted by Gasteiger charge is 2.21. The van der Waals surface area contributed by atoms with Gasteiger partial charge in [0.05, 0.1) is 12.3 Å². The lowest BCUT2D eigenvalue weighted by molar-refractivity contribution is 0.116. The minimum atomic E-state index is -2.82. The van der Waals surface area contributed by atoms with Crippen molar-refractivity contribution in [2.45, 2.75) is 13.0 Å². The van der Waals surface area contributed by atoms with Crippen LogP contribution in [0.3, 0.4) is 0 Å². The first-order chi connectivity index (χ1) is 19.0. The third kappa shape index (κ3) is 6.85. The van der Waals surface area contributed by atoms with Gasteiger partial charge in [0, 0.05) is 49.7 Å². The fourth-order valence-corrected chi connectivity index (χ4v) is 5.72. The van der Waals surface area contributed by atoms with Crippen LogP contribution in [0.15, 0.2) is 83.3 Å². The molecular weight excluding hydrogens is 527 g/mol. The minimum absolute atomic E-state index is 0.0277. The Morgan fingerprint density at radius 2 is 1.59 bits per heavy atom. The topological polar surface area (TPSA) is 65.7 Å². The van der Waals surface area contributed by atoms with Crippen molar-refractivity contribution < 1.29 is 21.8 Å². The maximum atomic E-state index is 13.5. The number of anilines is 2. The number of piperazine rings is 1. The van der Waals surface area contributed by atoms with Crippen LogP contribution >= 0.6 is 0 Å². The quantitative estimate of drug-likeness (QED) is 0.265. The van der Waals surface area contributed by atoms with Crippen LogP contribution in [-0.2, 0) is 17.5 Å². The Morgan fingerprint density at radius 1 is 0.897 bits per heavy atom. The van der Waals surface area contributed by atoms with Gasteiger partial charge in [-0.15, -0.1) is 10.2 Å². The van der Waals surface area contributed by atoms with Gasteiger partial charge >= 0.3 is 6.43 Å². The lowest BCUT2D eigenvalue weighted by Crippen LogP contribution is -2.48. The van der Waals surface area contributed by atoms with Crippen LogP contribution in [0.4, 0.5) is 24.5 Å². The molecule has 1 aliphatic rings. The molecule has 0 N–H and O–H groups in total. The highest BCUT2D eigenvalue weighted by Crippen LogP contribution is 2.25. The average Bonchev–Trinajstić information content (AvgIpc) is 3.47. The summed E-state index contributed by atoms with van der Waals surface area (Å²) in [5.41, 5.74) is 3.29. The molecule has 2 heterocycles. The molecule has 1 aliphatic heterocycles. The van der Waals surface area contributed by atoms with E-state index in [9.17, 15) is 17.4 Å². The number of benzene rings is 3. The molecule has 0 amide bonds. The molecule has 11 heteroatoms. The first kappa shape index (κ1) is 26.9. The Bertz CT molecular complexity index is 1360. The van der Waals surface area contributed by atoms with Crippen molar-refractivity contribution in [1.29, 1.82) is 0 Å². The average molecular weight is 556 g/mol. The Kier molecular flexibility index (Phi) is 8.58. The molecule has 4 aromatic rings. The summed E-state index contributed by atoms with van der Waals surface area (Å²) in [4.78, 5) is 4.53. The summed E-state index contributed by atoms with van der Waals surface area (Å²) in [5, 5.41) is 7.06. The second kappa shape index (κ2) is 12.4. The molecule has 5 rings (SSSR count). The van der Waals surface area contributed by atoms with Crippen molar-refractivity contribution in [2.24, 2.45) is 0 Å². The maximum Gasteiger partial charge on any atom is 0.314 e. The minimum Gasteiger partial charge on any atom is -0.415 e. The zero-order valence-corrected chi connectivity index (χ0v) is 21.9. The molecule has 3 aromatic carbocycles. The molecule has 1 atom stereocenters. The summed E-state index contributed by atoms with van der Waals surface area (Å²) in [6.45, 7) is 4.42. The van der Waals surface area contributed by atoms with E-state index in [4.69, 9.17) is 4.42 Å². The van der Waals surface area contributed by atoms with Gasteiger partial charge in [-0.25, -0.2) is 8.60 Å². The molecule has 204 valence electrons. The van der Waals surface area contributed by atoms with Gasteiger partial charge in [-0.05, 0) is 54.1 Å². The first-order valence-electron chi connectivity index (χ1n) is 12.6. The normalized spacial score (nSPS) is 15.0. The lowest BCUT2D eigenvalue weighted by Gasteiger charge is -2.36. The van der Waals surface area contributed by atoms with Gasteiger partial charge < -0.3 is 9.32 Å². The molecule has 1 fully saturated rings. The summed E-state index contributed by atoms with van der Waals surface area (Å²) in [6, 6.07) is 23.3. The van der Waals surface area contributed by atoms with Crippen molar-refractivity contribution in [3.05, 3.63) is 96.1 Å². The Balaban J connectivity index is 1.20. The highest BCUT2D eigenvalue weighted by molar-refractivity contribution is 7.86.